The minimum atomic E-state index is -0.102. The van der Waals surface area contributed by atoms with Gasteiger partial charge in [0, 0.05) is 14.1 Å². The minimum absolute atomic E-state index is 0.102. The molecule has 0 unspecified atom stereocenters. The summed E-state index contributed by atoms with van der Waals surface area (Å²) in [6, 6.07) is 0. The topological polar surface area (TPSA) is 95.0 Å². The number of hydrogen-bond acceptors (Lipinski definition) is 7. The second-order valence-corrected chi connectivity index (χ2v) is 2.48. The van der Waals surface area contributed by atoms with Crippen LogP contribution in [0.1, 0.15) is 5.82 Å². The summed E-state index contributed by atoms with van der Waals surface area (Å²) in [4.78, 5) is 12.2. The Labute approximate surface area is 82.0 Å². The zero-order valence-electron chi connectivity index (χ0n) is 8.20. The molecule has 0 aliphatic heterocycles. The molecule has 0 atom stereocenters. The molecule has 4 N–H and O–H groups in total. The van der Waals surface area contributed by atoms with Gasteiger partial charge in [0.1, 0.15) is 5.82 Å². The molecular formula is C7H14N6O. The van der Waals surface area contributed by atoms with Crippen LogP contribution in [0, 0.1) is 0 Å². The van der Waals surface area contributed by atoms with E-state index in [0.29, 0.717) is 24.3 Å². The van der Waals surface area contributed by atoms with Crippen LogP contribution in [0.15, 0.2) is 0 Å². The highest BCUT2D eigenvalue weighted by Crippen LogP contribution is 2.03. The summed E-state index contributed by atoms with van der Waals surface area (Å²) < 4.78 is 0. The van der Waals surface area contributed by atoms with Gasteiger partial charge in [-0.15, -0.1) is 0 Å². The second-order valence-electron chi connectivity index (χ2n) is 2.48. The van der Waals surface area contributed by atoms with Crippen molar-refractivity contribution >= 4 is 11.9 Å². The first kappa shape index (κ1) is 10.6. The molecule has 0 aliphatic carbocycles. The van der Waals surface area contributed by atoms with E-state index in [1.54, 1.807) is 14.1 Å². The summed E-state index contributed by atoms with van der Waals surface area (Å²) in [6.45, 7) is 0.303. The Morgan fingerprint density at radius 2 is 1.64 bits per heavy atom. The van der Waals surface area contributed by atoms with Crippen molar-refractivity contribution in [3.05, 3.63) is 5.82 Å². The van der Waals surface area contributed by atoms with E-state index in [-0.39, 0.29) is 6.73 Å². The summed E-state index contributed by atoms with van der Waals surface area (Å²) in [5, 5.41) is 16.9. The van der Waals surface area contributed by atoms with Gasteiger partial charge < -0.3 is 15.7 Å². The minimum Gasteiger partial charge on any atom is -0.381 e. The van der Waals surface area contributed by atoms with Crippen molar-refractivity contribution in [2.75, 3.05) is 31.5 Å². The van der Waals surface area contributed by atoms with Gasteiger partial charge in [0.2, 0.25) is 11.9 Å². The number of aromatic nitrogens is 3. The van der Waals surface area contributed by atoms with Crippen molar-refractivity contribution in [3.8, 4) is 0 Å². The molecule has 0 bridgehead atoms. The van der Waals surface area contributed by atoms with E-state index in [0.717, 1.165) is 0 Å². The highest BCUT2D eigenvalue weighted by Gasteiger charge is 2.02. The van der Waals surface area contributed by atoms with Crippen molar-refractivity contribution in [2.45, 2.75) is 6.54 Å². The summed E-state index contributed by atoms with van der Waals surface area (Å²) in [7, 11) is 3.47. The molecule has 7 heteroatoms. The molecule has 0 saturated heterocycles. The van der Waals surface area contributed by atoms with Crippen molar-refractivity contribution in [1.29, 1.82) is 0 Å². The fourth-order valence-corrected chi connectivity index (χ4v) is 0.890. The monoisotopic (exact) mass is 198 g/mol. The average molecular weight is 198 g/mol. The molecule has 1 rings (SSSR count). The van der Waals surface area contributed by atoms with Crippen LogP contribution < -0.4 is 16.0 Å². The summed E-state index contributed by atoms with van der Waals surface area (Å²) >= 11 is 0. The maximum absolute atomic E-state index is 8.57. The number of nitrogens with one attached hydrogen (secondary N) is 3. The molecule has 14 heavy (non-hydrogen) atoms. The van der Waals surface area contributed by atoms with E-state index >= 15 is 0 Å². The first-order valence-electron chi connectivity index (χ1n) is 4.22. The van der Waals surface area contributed by atoms with Gasteiger partial charge in [0.05, 0.1) is 13.3 Å². The van der Waals surface area contributed by atoms with Crippen LogP contribution in [0.2, 0.25) is 0 Å². The smallest absolute Gasteiger partial charge is 0.227 e. The molecule has 0 aliphatic rings. The lowest BCUT2D eigenvalue weighted by molar-refractivity contribution is 0.258. The lowest BCUT2D eigenvalue weighted by atomic mass is 10.6. The molecule has 0 spiro atoms. The molecule has 0 radical (unpaired) electrons. The normalized spacial score (nSPS) is 9.93. The molecular weight excluding hydrogens is 184 g/mol. The van der Waals surface area contributed by atoms with Crippen LogP contribution in [0.3, 0.4) is 0 Å². The van der Waals surface area contributed by atoms with Crippen LogP contribution in [0.25, 0.3) is 0 Å². The molecule has 1 aromatic rings. The molecule has 0 fully saturated rings. The van der Waals surface area contributed by atoms with Crippen molar-refractivity contribution in [2.24, 2.45) is 0 Å². The third-order valence-electron chi connectivity index (χ3n) is 1.52. The molecule has 1 aromatic heterocycles. The predicted molar refractivity (Wildman–Crippen MR) is 52.8 cm³/mol. The standard InChI is InChI=1S/C7H14N6O/c1-8-6-11-5(3-10-4-14)12-7(9-2)13-6/h10,14H,3-4H2,1-2H3,(H2,8,9,11,12,13). The SMILES string of the molecule is CNc1nc(CNCO)nc(NC)n1. The maximum Gasteiger partial charge on any atom is 0.227 e. The average Bonchev–Trinajstić information content (AvgIpc) is 2.25. The van der Waals surface area contributed by atoms with Crippen molar-refractivity contribution < 1.29 is 5.11 Å². The van der Waals surface area contributed by atoms with E-state index < -0.39 is 0 Å². The Balaban J connectivity index is 2.81. The lowest BCUT2D eigenvalue weighted by Gasteiger charge is -2.05. The number of rotatable bonds is 5. The van der Waals surface area contributed by atoms with Gasteiger partial charge >= 0.3 is 0 Å². The number of anilines is 2. The summed E-state index contributed by atoms with van der Waals surface area (Å²) in [5.74, 6) is 1.57. The Kier molecular flexibility index (Phi) is 4.02. The van der Waals surface area contributed by atoms with Gasteiger partial charge in [-0.05, 0) is 0 Å². The van der Waals surface area contributed by atoms with Gasteiger partial charge in [0.25, 0.3) is 0 Å². The summed E-state index contributed by atoms with van der Waals surface area (Å²) in [6.07, 6.45) is 0. The largest absolute Gasteiger partial charge is 0.381 e. The van der Waals surface area contributed by atoms with Crippen molar-refractivity contribution in [1.82, 2.24) is 20.3 Å². The van der Waals surface area contributed by atoms with Crippen LogP contribution in [0.5, 0.6) is 0 Å². The highest BCUT2D eigenvalue weighted by atomic mass is 16.3. The Morgan fingerprint density at radius 3 is 2.07 bits per heavy atom. The van der Waals surface area contributed by atoms with Crippen LogP contribution in [-0.2, 0) is 6.54 Å². The van der Waals surface area contributed by atoms with Crippen molar-refractivity contribution in [3.63, 3.8) is 0 Å². The van der Waals surface area contributed by atoms with E-state index in [9.17, 15) is 0 Å². The highest BCUT2D eigenvalue weighted by molar-refractivity contribution is 5.33. The fraction of sp³-hybridized carbons (Fsp3) is 0.571. The zero-order chi connectivity index (χ0) is 10.4. The van der Waals surface area contributed by atoms with Gasteiger partial charge in [-0.25, -0.2) is 0 Å². The molecule has 0 saturated carbocycles. The Bertz CT molecular complexity index is 269. The number of nitrogens with zero attached hydrogens (tertiary/aromatic N) is 3. The third kappa shape index (κ3) is 2.79. The van der Waals surface area contributed by atoms with Crippen LogP contribution >= 0.6 is 0 Å². The Hall–Kier alpha value is -1.47. The van der Waals surface area contributed by atoms with E-state index in [1.165, 1.54) is 0 Å². The molecule has 1 heterocycles. The quantitative estimate of drug-likeness (QED) is 0.450. The van der Waals surface area contributed by atoms with Crippen LogP contribution in [-0.4, -0.2) is 40.9 Å². The van der Waals surface area contributed by atoms with E-state index in [1.807, 2.05) is 0 Å². The molecule has 0 aromatic carbocycles. The fourth-order valence-electron chi connectivity index (χ4n) is 0.890. The number of hydrogen-bond donors (Lipinski definition) is 4. The third-order valence-corrected chi connectivity index (χ3v) is 1.52. The maximum atomic E-state index is 8.57. The second kappa shape index (κ2) is 5.30. The van der Waals surface area contributed by atoms with Gasteiger partial charge in [0.15, 0.2) is 0 Å². The van der Waals surface area contributed by atoms with E-state index in [4.69, 9.17) is 5.11 Å². The number of aliphatic hydroxyl groups is 1. The van der Waals surface area contributed by atoms with Gasteiger partial charge in [-0.2, -0.15) is 15.0 Å². The lowest BCUT2D eigenvalue weighted by Crippen LogP contribution is -2.17. The first-order valence-corrected chi connectivity index (χ1v) is 4.22. The molecule has 78 valence electrons. The Morgan fingerprint density at radius 1 is 1.07 bits per heavy atom. The van der Waals surface area contributed by atoms with E-state index in [2.05, 4.69) is 30.9 Å². The van der Waals surface area contributed by atoms with Crippen LogP contribution in [0.4, 0.5) is 11.9 Å². The zero-order valence-corrected chi connectivity index (χ0v) is 8.20. The molecule has 0 amide bonds. The molecule has 7 nitrogen and oxygen atoms in total. The number of aliphatic hydroxyl groups excluding tert-OH is 1. The summed E-state index contributed by atoms with van der Waals surface area (Å²) in [5.41, 5.74) is 0. The van der Waals surface area contributed by atoms with Gasteiger partial charge in [-0.1, -0.05) is 0 Å². The first-order chi connectivity index (χ1) is 6.80. The van der Waals surface area contributed by atoms with Gasteiger partial charge in [-0.3, -0.25) is 5.32 Å². The predicted octanol–water partition coefficient (Wildman–Crippen LogP) is -1.01.